The molecule has 0 heterocycles. The predicted octanol–water partition coefficient (Wildman–Crippen LogP) is -0.0376. The second-order valence-electron chi connectivity index (χ2n) is 3.42. The Kier molecular flexibility index (Phi) is 4.92. The predicted molar refractivity (Wildman–Crippen MR) is 69.4 cm³/mol. The third kappa shape index (κ3) is 6.54. The first kappa shape index (κ1) is 13.5. The van der Waals surface area contributed by atoms with Gasteiger partial charge in [0.25, 0.3) is 0 Å². The lowest BCUT2D eigenvalue weighted by atomic mass is 10.3. The Morgan fingerprint density at radius 2 is 2.00 bits per heavy atom. The van der Waals surface area contributed by atoms with Gasteiger partial charge in [0.1, 0.15) is 0 Å². The number of anilines is 1. The summed E-state index contributed by atoms with van der Waals surface area (Å²) >= 11 is 0. The number of hydrogen-bond acceptors (Lipinski definition) is 3. The van der Waals surface area contributed by atoms with Crippen LogP contribution in [0.3, 0.4) is 0 Å². The monoisotopic (exact) mass is 256 g/mol. The van der Waals surface area contributed by atoms with E-state index in [-0.39, 0.29) is 12.5 Å². The van der Waals surface area contributed by atoms with Crippen LogP contribution in [0.15, 0.2) is 35.3 Å². The minimum absolute atomic E-state index is 0.232. The summed E-state index contributed by atoms with van der Waals surface area (Å²) in [4.78, 5) is 3.98. The Morgan fingerprint density at radius 1 is 1.35 bits per heavy atom. The van der Waals surface area contributed by atoms with Crippen molar-refractivity contribution in [2.45, 2.75) is 0 Å². The maximum atomic E-state index is 10.8. The van der Waals surface area contributed by atoms with Crippen molar-refractivity contribution < 1.29 is 8.42 Å². The molecule has 0 aromatic heterocycles. The zero-order valence-electron chi connectivity index (χ0n) is 9.55. The first-order chi connectivity index (χ1) is 7.97. The van der Waals surface area contributed by atoms with Crippen LogP contribution in [0.1, 0.15) is 0 Å². The van der Waals surface area contributed by atoms with Crippen LogP contribution in [-0.2, 0) is 10.0 Å². The zero-order chi connectivity index (χ0) is 12.7. The minimum Gasteiger partial charge on any atom is -0.370 e. The van der Waals surface area contributed by atoms with Crippen molar-refractivity contribution in [2.24, 2.45) is 10.7 Å². The molecular weight excluding hydrogens is 240 g/mol. The summed E-state index contributed by atoms with van der Waals surface area (Å²) in [5.41, 5.74) is 6.46. The maximum Gasteiger partial charge on any atom is 0.208 e. The van der Waals surface area contributed by atoms with Gasteiger partial charge in [-0.25, -0.2) is 13.1 Å². The number of guanidine groups is 1. The Labute approximate surface area is 101 Å². The molecule has 6 nitrogen and oxygen atoms in total. The summed E-state index contributed by atoms with van der Waals surface area (Å²) in [5.74, 6) is 0.256. The van der Waals surface area contributed by atoms with Gasteiger partial charge in [0.2, 0.25) is 10.0 Å². The van der Waals surface area contributed by atoms with Crippen molar-refractivity contribution in [3.05, 3.63) is 30.3 Å². The quantitative estimate of drug-likeness (QED) is 0.391. The van der Waals surface area contributed by atoms with Gasteiger partial charge in [0.05, 0.1) is 12.8 Å². The largest absolute Gasteiger partial charge is 0.370 e. The van der Waals surface area contributed by atoms with Crippen molar-refractivity contribution in [3.63, 3.8) is 0 Å². The second-order valence-corrected chi connectivity index (χ2v) is 5.26. The third-order valence-corrected chi connectivity index (χ3v) is 2.53. The Hall–Kier alpha value is -1.60. The van der Waals surface area contributed by atoms with Crippen molar-refractivity contribution in [2.75, 3.05) is 24.7 Å². The number of benzene rings is 1. The summed E-state index contributed by atoms with van der Waals surface area (Å²) in [6, 6.07) is 9.37. The highest BCUT2D eigenvalue weighted by atomic mass is 32.2. The molecule has 0 fully saturated rings. The third-order valence-electron chi connectivity index (χ3n) is 1.80. The van der Waals surface area contributed by atoms with Gasteiger partial charge in [0.15, 0.2) is 5.96 Å². The molecule has 0 unspecified atom stereocenters. The average Bonchev–Trinajstić information content (AvgIpc) is 2.25. The molecule has 0 aliphatic rings. The number of aliphatic imine (C=N–C) groups is 1. The molecule has 0 atom stereocenters. The minimum atomic E-state index is -3.16. The first-order valence-corrected chi connectivity index (χ1v) is 6.93. The van der Waals surface area contributed by atoms with Crippen LogP contribution in [0.5, 0.6) is 0 Å². The van der Waals surface area contributed by atoms with Crippen LogP contribution >= 0.6 is 0 Å². The summed E-state index contributed by atoms with van der Waals surface area (Å²) in [7, 11) is -3.16. The van der Waals surface area contributed by atoms with E-state index in [1.165, 1.54) is 0 Å². The van der Waals surface area contributed by atoms with Gasteiger partial charge in [-0.15, -0.1) is 0 Å². The van der Waals surface area contributed by atoms with E-state index in [1.807, 2.05) is 30.3 Å². The van der Waals surface area contributed by atoms with Crippen LogP contribution in [0.25, 0.3) is 0 Å². The van der Waals surface area contributed by atoms with E-state index in [1.54, 1.807) is 0 Å². The average molecular weight is 256 g/mol. The molecule has 0 amide bonds. The van der Waals surface area contributed by atoms with Crippen LogP contribution in [0.4, 0.5) is 5.69 Å². The molecule has 0 saturated heterocycles. The number of para-hydroxylation sites is 1. The number of nitrogens with one attached hydrogen (secondary N) is 2. The molecule has 0 radical (unpaired) electrons. The molecule has 7 heteroatoms. The Bertz CT molecular complexity index is 470. The number of nitrogens with two attached hydrogens (primary N) is 1. The van der Waals surface area contributed by atoms with Crippen molar-refractivity contribution in [1.82, 2.24) is 4.72 Å². The summed E-state index contributed by atoms with van der Waals surface area (Å²) in [5, 5.41) is 2.89. The van der Waals surface area contributed by atoms with E-state index in [0.717, 1.165) is 11.9 Å². The fourth-order valence-corrected chi connectivity index (χ4v) is 1.58. The fraction of sp³-hybridized carbons (Fsp3) is 0.300. The second kappa shape index (κ2) is 6.21. The van der Waals surface area contributed by atoms with E-state index in [0.29, 0.717) is 6.54 Å². The van der Waals surface area contributed by atoms with Gasteiger partial charge in [-0.1, -0.05) is 18.2 Å². The molecule has 17 heavy (non-hydrogen) atoms. The number of rotatable bonds is 5. The molecular formula is C10H16N4O2S. The van der Waals surface area contributed by atoms with Gasteiger partial charge in [0, 0.05) is 12.2 Å². The highest BCUT2D eigenvalue weighted by Gasteiger charge is 1.98. The Morgan fingerprint density at radius 3 is 2.59 bits per heavy atom. The lowest BCUT2D eigenvalue weighted by molar-refractivity contribution is 0.588. The zero-order valence-corrected chi connectivity index (χ0v) is 10.4. The van der Waals surface area contributed by atoms with Gasteiger partial charge in [-0.05, 0) is 12.1 Å². The summed E-state index contributed by atoms with van der Waals surface area (Å²) < 4.78 is 23.8. The lowest BCUT2D eigenvalue weighted by Gasteiger charge is -2.05. The highest BCUT2D eigenvalue weighted by molar-refractivity contribution is 7.88. The number of sulfonamides is 1. The molecule has 4 N–H and O–H groups in total. The van der Waals surface area contributed by atoms with E-state index in [2.05, 4.69) is 15.0 Å². The summed E-state index contributed by atoms with van der Waals surface area (Å²) in [6.07, 6.45) is 1.10. The molecule has 0 spiro atoms. The molecule has 94 valence electrons. The van der Waals surface area contributed by atoms with Crippen molar-refractivity contribution in [1.29, 1.82) is 0 Å². The molecule has 1 aromatic carbocycles. The smallest absolute Gasteiger partial charge is 0.208 e. The fourth-order valence-electron chi connectivity index (χ4n) is 1.12. The van der Waals surface area contributed by atoms with Gasteiger partial charge in [-0.2, -0.15) is 0 Å². The van der Waals surface area contributed by atoms with Gasteiger partial charge in [-0.3, -0.25) is 4.99 Å². The van der Waals surface area contributed by atoms with Crippen LogP contribution in [0.2, 0.25) is 0 Å². The van der Waals surface area contributed by atoms with Crippen LogP contribution in [0, 0.1) is 0 Å². The molecule has 0 bridgehead atoms. The van der Waals surface area contributed by atoms with E-state index >= 15 is 0 Å². The molecule has 0 aliphatic carbocycles. The number of nitrogens with zero attached hydrogens (tertiary/aromatic N) is 1. The van der Waals surface area contributed by atoms with E-state index in [9.17, 15) is 8.42 Å². The summed E-state index contributed by atoms with van der Waals surface area (Å²) in [6.45, 7) is 0.523. The van der Waals surface area contributed by atoms with Gasteiger partial charge < -0.3 is 11.1 Å². The van der Waals surface area contributed by atoms with Crippen LogP contribution in [-0.4, -0.2) is 33.7 Å². The first-order valence-electron chi connectivity index (χ1n) is 5.04. The van der Waals surface area contributed by atoms with Crippen LogP contribution < -0.4 is 15.8 Å². The molecule has 0 saturated carbocycles. The maximum absolute atomic E-state index is 10.8. The lowest BCUT2D eigenvalue weighted by Crippen LogP contribution is -2.27. The SMILES string of the molecule is CS(=O)(=O)NCCN=C(N)Nc1ccccc1. The van der Waals surface area contributed by atoms with Gasteiger partial charge >= 0.3 is 0 Å². The highest BCUT2D eigenvalue weighted by Crippen LogP contribution is 2.03. The van der Waals surface area contributed by atoms with E-state index in [4.69, 9.17) is 5.73 Å². The normalized spacial score (nSPS) is 12.4. The molecule has 1 aromatic rings. The topological polar surface area (TPSA) is 96.6 Å². The molecule has 0 aliphatic heterocycles. The van der Waals surface area contributed by atoms with Crippen molar-refractivity contribution in [3.8, 4) is 0 Å². The standard InChI is InChI=1S/C10H16N4O2S/c1-17(15,16)13-8-7-12-10(11)14-9-5-3-2-4-6-9/h2-6,13H,7-8H2,1H3,(H3,11,12,14). The van der Waals surface area contributed by atoms with E-state index < -0.39 is 10.0 Å². The Balaban J connectivity index is 2.35. The molecule has 1 rings (SSSR count). The number of hydrogen-bond donors (Lipinski definition) is 3. The van der Waals surface area contributed by atoms with Crippen molar-refractivity contribution >= 4 is 21.7 Å².